The number of pyridine rings is 1. The second-order valence-electron chi connectivity index (χ2n) is 4.65. The molecule has 0 aliphatic heterocycles. The lowest BCUT2D eigenvalue weighted by molar-refractivity contribution is -0.115. The van der Waals surface area contributed by atoms with Crippen molar-refractivity contribution >= 4 is 5.82 Å². The summed E-state index contributed by atoms with van der Waals surface area (Å²) in [5, 5.41) is 2.26. The summed E-state index contributed by atoms with van der Waals surface area (Å²) in [5.41, 5.74) is 0.851. The van der Waals surface area contributed by atoms with Crippen molar-refractivity contribution in [3.05, 3.63) is 23.9 Å². The second-order valence-corrected chi connectivity index (χ2v) is 4.65. The Hall–Kier alpha value is -1.26. The number of anilines is 1. The monoisotopic (exact) mass is 232 g/mol. The van der Waals surface area contributed by atoms with E-state index >= 15 is 0 Å². The Morgan fingerprint density at radius 3 is 2.38 bits per heavy atom. The Morgan fingerprint density at radius 1 is 1.25 bits per heavy atom. The fraction of sp³-hybridized carbons (Fsp3) is 0.545. The van der Waals surface area contributed by atoms with Crippen molar-refractivity contribution in [2.75, 3.05) is 11.9 Å². The molecule has 0 amide bonds. The second kappa shape index (κ2) is 4.31. The Kier molecular flexibility index (Phi) is 3.45. The minimum Gasteiger partial charge on any atom is -0.361 e. The van der Waals surface area contributed by atoms with E-state index in [1.165, 1.54) is 6.20 Å². The van der Waals surface area contributed by atoms with Crippen LogP contribution in [-0.4, -0.2) is 17.7 Å². The fourth-order valence-corrected chi connectivity index (χ4v) is 1.18. The van der Waals surface area contributed by atoms with Crippen LogP contribution in [-0.2, 0) is 5.41 Å². The molecule has 2 nitrogen and oxygen atoms in total. The van der Waals surface area contributed by atoms with E-state index in [1.807, 2.05) is 20.8 Å². The average molecular weight is 232 g/mol. The molecule has 5 heteroatoms. The largest absolute Gasteiger partial charge is 0.405 e. The molecule has 1 heterocycles. The lowest BCUT2D eigenvalue weighted by Gasteiger charge is -2.19. The van der Waals surface area contributed by atoms with E-state index in [2.05, 4.69) is 10.3 Å². The van der Waals surface area contributed by atoms with E-state index in [0.717, 1.165) is 5.56 Å². The molecule has 1 N–H and O–H groups in total. The SMILES string of the molecule is CC(C)(C)c1ccnc(NCC(F)(F)F)c1. The van der Waals surface area contributed by atoms with E-state index in [4.69, 9.17) is 0 Å². The molecule has 0 aliphatic rings. The van der Waals surface area contributed by atoms with Crippen molar-refractivity contribution in [1.29, 1.82) is 0 Å². The summed E-state index contributed by atoms with van der Waals surface area (Å²) < 4.78 is 36.0. The minimum atomic E-state index is -4.22. The zero-order chi connectivity index (χ0) is 12.4. The van der Waals surface area contributed by atoms with Gasteiger partial charge < -0.3 is 5.32 Å². The zero-order valence-electron chi connectivity index (χ0n) is 9.52. The standard InChI is InChI=1S/C11H15F3N2/c1-10(2,3)8-4-5-15-9(6-8)16-7-11(12,13)14/h4-6H,7H2,1-3H3,(H,15,16). The molecule has 0 spiro atoms. The van der Waals surface area contributed by atoms with Gasteiger partial charge in [0.2, 0.25) is 0 Å². The summed E-state index contributed by atoms with van der Waals surface area (Å²) >= 11 is 0. The van der Waals surface area contributed by atoms with Gasteiger partial charge >= 0.3 is 6.18 Å². The summed E-state index contributed by atoms with van der Waals surface area (Å²) in [6, 6.07) is 3.45. The van der Waals surface area contributed by atoms with Gasteiger partial charge in [0, 0.05) is 6.20 Å². The maximum atomic E-state index is 12.0. The highest BCUT2D eigenvalue weighted by Crippen LogP contribution is 2.24. The number of rotatable bonds is 2. The van der Waals surface area contributed by atoms with E-state index in [1.54, 1.807) is 12.1 Å². The van der Waals surface area contributed by atoms with Crippen LogP contribution in [0, 0.1) is 0 Å². The van der Waals surface area contributed by atoms with Gasteiger partial charge in [-0.2, -0.15) is 13.2 Å². The number of halogens is 3. The summed E-state index contributed by atoms with van der Waals surface area (Å²) in [7, 11) is 0. The third-order valence-electron chi connectivity index (χ3n) is 2.10. The van der Waals surface area contributed by atoms with Crippen LogP contribution < -0.4 is 5.32 Å². The summed E-state index contributed by atoms with van der Waals surface area (Å²) in [5.74, 6) is 0.254. The van der Waals surface area contributed by atoms with Gasteiger partial charge in [-0.05, 0) is 23.1 Å². The van der Waals surface area contributed by atoms with Crippen molar-refractivity contribution in [3.63, 3.8) is 0 Å². The zero-order valence-corrected chi connectivity index (χ0v) is 9.52. The Balaban J connectivity index is 2.76. The van der Waals surface area contributed by atoms with Gasteiger partial charge in [0.25, 0.3) is 0 Å². The predicted octanol–water partition coefficient (Wildman–Crippen LogP) is 3.35. The predicted molar refractivity (Wildman–Crippen MR) is 57.5 cm³/mol. The Labute approximate surface area is 92.9 Å². The van der Waals surface area contributed by atoms with E-state index < -0.39 is 12.7 Å². The first-order chi connectivity index (χ1) is 7.18. The van der Waals surface area contributed by atoms with Crippen LogP contribution in [0.3, 0.4) is 0 Å². The van der Waals surface area contributed by atoms with Crippen LogP contribution in [0.1, 0.15) is 26.3 Å². The van der Waals surface area contributed by atoms with Gasteiger partial charge in [0.15, 0.2) is 0 Å². The van der Waals surface area contributed by atoms with Crippen LogP contribution in [0.4, 0.5) is 19.0 Å². The fourth-order valence-electron chi connectivity index (χ4n) is 1.18. The van der Waals surface area contributed by atoms with E-state index in [-0.39, 0.29) is 11.2 Å². The van der Waals surface area contributed by atoms with E-state index in [0.29, 0.717) is 0 Å². The first kappa shape index (κ1) is 12.8. The van der Waals surface area contributed by atoms with Gasteiger partial charge in [0.05, 0.1) is 0 Å². The van der Waals surface area contributed by atoms with Crippen molar-refractivity contribution in [2.24, 2.45) is 0 Å². The van der Waals surface area contributed by atoms with Gasteiger partial charge in [-0.15, -0.1) is 0 Å². The summed E-state index contributed by atoms with van der Waals surface area (Å²) in [6.45, 7) is 4.93. The highest BCUT2D eigenvalue weighted by Gasteiger charge is 2.27. The molecule has 0 atom stereocenters. The molecule has 0 unspecified atom stereocenters. The van der Waals surface area contributed by atoms with Crippen LogP contribution in [0.5, 0.6) is 0 Å². The molecule has 1 aromatic rings. The molecular formula is C11H15F3N2. The van der Waals surface area contributed by atoms with Crippen LogP contribution in [0.25, 0.3) is 0 Å². The maximum absolute atomic E-state index is 12.0. The van der Waals surface area contributed by atoms with E-state index in [9.17, 15) is 13.2 Å². The third-order valence-corrected chi connectivity index (χ3v) is 2.10. The number of aromatic nitrogens is 1. The molecule has 90 valence electrons. The summed E-state index contributed by atoms with van der Waals surface area (Å²) in [6.07, 6.45) is -2.71. The van der Waals surface area contributed by atoms with Crippen molar-refractivity contribution in [2.45, 2.75) is 32.4 Å². The minimum absolute atomic E-state index is 0.0996. The molecular weight excluding hydrogens is 217 g/mol. The van der Waals surface area contributed by atoms with Crippen molar-refractivity contribution in [3.8, 4) is 0 Å². The summed E-state index contributed by atoms with van der Waals surface area (Å²) in [4.78, 5) is 3.84. The molecule has 1 aromatic heterocycles. The smallest absolute Gasteiger partial charge is 0.361 e. The van der Waals surface area contributed by atoms with Crippen molar-refractivity contribution in [1.82, 2.24) is 4.98 Å². The quantitative estimate of drug-likeness (QED) is 0.845. The lowest BCUT2D eigenvalue weighted by Crippen LogP contribution is -2.22. The van der Waals surface area contributed by atoms with Gasteiger partial charge in [-0.3, -0.25) is 0 Å². The first-order valence-corrected chi connectivity index (χ1v) is 4.96. The average Bonchev–Trinajstić information content (AvgIpc) is 2.13. The number of nitrogens with zero attached hydrogens (tertiary/aromatic N) is 1. The topological polar surface area (TPSA) is 24.9 Å². The van der Waals surface area contributed by atoms with Crippen LogP contribution >= 0.6 is 0 Å². The lowest BCUT2D eigenvalue weighted by atomic mass is 9.88. The molecule has 1 rings (SSSR count). The number of hydrogen-bond donors (Lipinski definition) is 1. The molecule has 0 radical (unpaired) electrons. The molecule has 0 aliphatic carbocycles. The molecule has 0 bridgehead atoms. The van der Waals surface area contributed by atoms with Crippen molar-refractivity contribution < 1.29 is 13.2 Å². The van der Waals surface area contributed by atoms with Gasteiger partial charge in [-0.1, -0.05) is 20.8 Å². The first-order valence-electron chi connectivity index (χ1n) is 4.96. The molecule has 0 saturated heterocycles. The van der Waals surface area contributed by atoms with Crippen LogP contribution in [0.2, 0.25) is 0 Å². The third kappa shape index (κ3) is 4.08. The highest BCUT2D eigenvalue weighted by molar-refractivity contribution is 5.39. The molecule has 16 heavy (non-hydrogen) atoms. The Morgan fingerprint density at radius 2 is 1.88 bits per heavy atom. The van der Waals surface area contributed by atoms with Gasteiger partial charge in [-0.25, -0.2) is 4.98 Å². The maximum Gasteiger partial charge on any atom is 0.405 e. The Bertz CT molecular complexity index is 353. The number of nitrogens with one attached hydrogen (secondary N) is 1. The number of alkyl halides is 3. The van der Waals surface area contributed by atoms with Gasteiger partial charge in [0.1, 0.15) is 12.4 Å². The molecule has 0 fully saturated rings. The normalized spacial score (nSPS) is 12.6. The number of hydrogen-bond acceptors (Lipinski definition) is 2. The van der Waals surface area contributed by atoms with Crippen LogP contribution in [0.15, 0.2) is 18.3 Å². The molecule has 0 saturated carbocycles. The molecule has 0 aromatic carbocycles. The highest BCUT2D eigenvalue weighted by atomic mass is 19.4.